The molecule has 0 N–H and O–H groups in total. The van der Waals surface area contributed by atoms with Crippen molar-refractivity contribution in [2.75, 3.05) is 0 Å². The Morgan fingerprint density at radius 2 is 1.21 bits per heavy atom. The molecule has 11 rings (SSSR count). The summed E-state index contributed by atoms with van der Waals surface area (Å²) in [7, 11) is 0. The van der Waals surface area contributed by atoms with Crippen LogP contribution in [-0.2, 0) is 5.41 Å². The molecule has 3 nitrogen and oxygen atoms in total. The average molecular weight is 556 g/mol. The monoisotopic (exact) mass is 555 g/mol. The highest BCUT2D eigenvalue weighted by Crippen LogP contribution is 2.70. The van der Waals surface area contributed by atoms with Gasteiger partial charge in [0.1, 0.15) is 5.82 Å². The summed E-state index contributed by atoms with van der Waals surface area (Å²) in [6.45, 7) is 2.02. The van der Waals surface area contributed by atoms with Gasteiger partial charge >= 0.3 is 0 Å². The van der Waals surface area contributed by atoms with Gasteiger partial charge in [-0.25, -0.2) is 15.0 Å². The molecular formula is C40H33N3. The van der Waals surface area contributed by atoms with E-state index in [-0.39, 0.29) is 5.41 Å². The summed E-state index contributed by atoms with van der Waals surface area (Å²) < 4.78 is 0. The lowest BCUT2D eigenvalue weighted by Crippen LogP contribution is -2.55. The van der Waals surface area contributed by atoms with Crippen molar-refractivity contribution in [2.24, 2.45) is 23.7 Å². The molecule has 1 spiro atoms. The van der Waals surface area contributed by atoms with E-state index in [1.807, 2.05) is 6.92 Å². The average Bonchev–Trinajstić information content (AvgIpc) is 3.35. The van der Waals surface area contributed by atoms with Crippen LogP contribution in [0.1, 0.15) is 49.1 Å². The zero-order valence-corrected chi connectivity index (χ0v) is 24.4. The lowest BCUT2D eigenvalue weighted by Gasteiger charge is -2.61. The Kier molecular flexibility index (Phi) is 4.82. The van der Waals surface area contributed by atoms with Crippen molar-refractivity contribution in [3.05, 3.63) is 114 Å². The van der Waals surface area contributed by atoms with Gasteiger partial charge in [0.2, 0.25) is 0 Å². The van der Waals surface area contributed by atoms with Crippen LogP contribution in [0.2, 0.25) is 0 Å². The van der Waals surface area contributed by atoms with Gasteiger partial charge in [-0.15, -0.1) is 0 Å². The van der Waals surface area contributed by atoms with Crippen LogP contribution in [0, 0.1) is 30.6 Å². The molecule has 208 valence electrons. The van der Waals surface area contributed by atoms with Crippen LogP contribution in [-0.4, -0.2) is 15.0 Å². The molecule has 0 unspecified atom stereocenters. The molecule has 0 saturated heterocycles. The number of rotatable bonds is 3. The first-order valence-corrected chi connectivity index (χ1v) is 16.0. The largest absolute Gasteiger partial charge is 0.213 e. The zero-order chi connectivity index (χ0) is 28.3. The number of nitrogens with zero attached hydrogens (tertiary/aromatic N) is 3. The second kappa shape index (κ2) is 8.60. The molecule has 0 amide bonds. The normalized spacial score (nSPS) is 26.3. The quantitative estimate of drug-likeness (QED) is 0.204. The summed E-state index contributed by atoms with van der Waals surface area (Å²) in [4.78, 5) is 15.2. The van der Waals surface area contributed by atoms with Crippen LogP contribution in [0.15, 0.2) is 97.1 Å². The second-order valence-electron chi connectivity index (χ2n) is 13.7. The lowest BCUT2D eigenvalue weighted by atomic mass is 9.42. The van der Waals surface area contributed by atoms with E-state index in [9.17, 15) is 0 Å². The first-order valence-electron chi connectivity index (χ1n) is 16.0. The summed E-state index contributed by atoms with van der Waals surface area (Å²) in [6, 6.07) is 35.6. The third kappa shape index (κ3) is 3.23. The fraction of sp³-hybridized carbons (Fsp3) is 0.275. The predicted octanol–water partition coefficient (Wildman–Crippen LogP) is 9.54. The van der Waals surface area contributed by atoms with Gasteiger partial charge in [0.05, 0.1) is 0 Å². The van der Waals surface area contributed by atoms with Crippen LogP contribution in [0.4, 0.5) is 0 Å². The van der Waals surface area contributed by atoms with Gasteiger partial charge in [-0.05, 0) is 113 Å². The molecule has 5 aromatic carbocycles. The van der Waals surface area contributed by atoms with E-state index >= 15 is 0 Å². The zero-order valence-electron chi connectivity index (χ0n) is 24.4. The summed E-state index contributed by atoms with van der Waals surface area (Å²) in [5, 5.41) is 5.68. The molecule has 3 heteroatoms. The van der Waals surface area contributed by atoms with Gasteiger partial charge in [0.15, 0.2) is 11.6 Å². The second-order valence-corrected chi connectivity index (χ2v) is 13.7. The lowest BCUT2D eigenvalue weighted by molar-refractivity contribution is -0.0395. The minimum absolute atomic E-state index is 0.0549. The SMILES string of the molecule is Cc1nc(-c2cccc(-c3ccccc3)c2)nc(-c2ccc3ccc4cccc5c4c3c2C52C3CC4CC(C3)CC2C4)n1. The molecule has 4 bridgehead atoms. The Labute approximate surface area is 252 Å². The summed E-state index contributed by atoms with van der Waals surface area (Å²) in [5.41, 5.74) is 7.79. The molecule has 43 heavy (non-hydrogen) atoms. The predicted molar refractivity (Wildman–Crippen MR) is 174 cm³/mol. The fourth-order valence-corrected chi connectivity index (χ4v) is 10.3. The van der Waals surface area contributed by atoms with E-state index < -0.39 is 0 Å². The van der Waals surface area contributed by atoms with Gasteiger partial charge in [-0.2, -0.15) is 0 Å². The fourth-order valence-electron chi connectivity index (χ4n) is 10.3. The molecule has 1 aromatic heterocycles. The first kappa shape index (κ1) is 24.1. The van der Waals surface area contributed by atoms with Crippen molar-refractivity contribution < 1.29 is 0 Å². The Balaban J connectivity index is 1.22. The Morgan fingerprint density at radius 1 is 0.558 bits per heavy atom. The van der Waals surface area contributed by atoms with Crippen LogP contribution >= 0.6 is 0 Å². The summed E-state index contributed by atoms with van der Waals surface area (Å²) in [6.07, 6.45) is 6.90. The summed E-state index contributed by atoms with van der Waals surface area (Å²) >= 11 is 0. The van der Waals surface area contributed by atoms with Crippen LogP contribution < -0.4 is 0 Å². The number of aromatic nitrogens is 3. The van der Waals surface area contributed by atoms with E-state index in [0.29, 0.717) is 11.8 Å². The number of benzene rings is 5. The van der Waals surface area contributed by atoms with Crippen molar-refractivity contribution in [3.8, 4) is 33.9 Å². The number of hydrogen-bond acceptors (Lipinski definition) is 3. The maximum atomic E-state index is 5.27. The maximum Gasteiger partial charge on any atom is 0.164 e. The molecule has 6 aromatic rings. The minimum Gasteiger partial charge on any atom is -0.213 e. The Hall–Kier alpha value is -4.37. The van der Waals surface area contributed by atoms with Gasteiger partial charge in [0.25, 0.3) is 0 Å². The van der Waals surface area contributed by atoms with Gasteiger partial charge in [-0.3, -0.25) is 0 Å². The van der Waals surface area contributed by atoms with E-state index in [1.165, 1.54) is 75.9 Å². The molecule has 0 radical (unpaired) electrons. The molecule has 0 atom stereocenters. The minimum atomic E-state index is 0.0549. The van der Waals surface area contributed by atoms with Crippen LogP contribution in [0.3, 0.4) is 0 Å². The smallest absolute Gasteiger partial charge is 0.164 e. The standard InChI is InChI=1S/C40H33N3/c1-23-41-38(30-11-5-10-29(22-30)26-7-3-2-4-8-26)43-39(42-23)33-16-15-28-14-13-27-9-6-12-34-35(27)36(28)37(33)40(34)31-18-24-17-25(20-31)21-32(40)19-24/h2-16,22,24-25,31-32H,17-21H2,1H3. The van der Waals surface area contributed by atoms with Crippen LogP contribution in [0.5, 0.6) is 0 Å². The molecule has 5 aliphatic rings. The van der Waals surface area contributed by atoms with Crippen molar-refractivity contribution >= 4 is 21.5 Å². The van der Waals surface area contributed by atoms with E-state index in [0.717, 1.165) is 34.9 Å². The Morgan fingerprint density at radius 3 is 2.00 bits per heavy atom. The maximum absolute atomic E-state index is 5.27. The van der Waals surface area contributed by atoms with Gasteiger partial charge in [-0.1, -0.05) is 91.0 Å². The molecule has 4 saturated carbocycles. The summed E-state index contributed by atoms with van der Waals surface area (Å²) in [5.74, 6) is 5.53. The highest BCUT2D eigenvalue weighted by atomic mass is 15.0. The topological polar surface area (TPSA) is 38.7 Å². The molecule has 5 aliphatic carbocycles. The van der Waals surface area contributed by atoms with Gasteiger partial charge in [0, 0.05) is 16.5 Å². The highest BCUT2D eigenvalue weighted by Gasteiger charge is 2.61. The van der Waals surface area contributed by atoms with Crippen molar-refractivity contribution in [1.82, 2.24) is 15.0 Å². The number of aryl methyl sites for hydroxylation is 1. The van der Waals surface area contributed by atoms with Crippen molar-refractivity contribution in [1.29, 1.82) is 0 Å². The molecule has 4 fully saturated rings. The molecule has 1 heterocycles. The van der Waals surface area contributed by atoms with E-state index in [1.54, 1.807) is 5.56 Å². The third-order valence-corrected chi connectivity index (χ3v) is 11.5. The van der Waals surface area contributed by atoms with Crippen LogP contribution in [0.25, 0.3) is 55.4 Å². The first-order chi connectivity index (χ1) is 21.2. The molecule has 0 aliphatic heterocycles. The van der Waals surface area contributed by atoms with Crippen molar-refractivity contribution in [3.63, 3.8) is 0 Å². The van der Waals surface area contributed by atoms with Crippen molar-refractivity contribution in [2.45, 2.75) is 44.4 Å². The Bertz CT molecular complexity index is 2080. The van der Waals surface area contributed by atoms with E-state index in [4.69, 9.17) is 15.0 Å². The third-order valence-electron chi connectivity index (χ3n) is 11.5. The molecular weight excluding hydrogens is 522 g/mol. The highest BCUT2D eigenvalue weighted by molar-refractivity contribution is 6.17. The van der Waals surface area contributed by atoms with Gasteiger partial charge < -0.3 is 0 Å². The number of hydrogen-bond donors (Lipinski definition) is 0. The van der Waals surface area contributed by atoms with E-state index in [2.05, 4.69) is 97.1 Å².